The fourth-order valence-electron chi connectivity index (χ4n) is 4.12. The molecule has 1 aromatic heterocycles. The Balaban J connectivity index is 1.71. The van der Waals surface area contributed by atoms with Crippen molar-refractivity contribution in [3.05, 3.63) is 89.0 Å². The number of fused-ring (bicyclic) bond motifs is 1. The standard InChI is InChI=1S/C24H24N4O2/c1-2-30-24(29)23-12-19-5-3-4-6-20(19)15-28(23)22(21-14-26-16-27-21)11-17-7-9-18(13-25)10-8-17/h3-10,14,16,22-23H,2,11-12,15H2,1H3,(H,26,27)/t22?,23-/m0/s1. The van der Waals surface area contributed by atoms with Crippen LogP contribution in [0.4, 0.5) is 0 Å². The molecule has 0 aliphatic carbocycles. The Kier molecular flexibility index (Phi) is 5.92. The number of carbonyl (C=O) groups excluding carboxylic acids is 1. The van der Waals surface area contributed by atoms with E-state index in [4.69, 9.17) is 10.00 Å². The predicted octanol–water partition coefficient (Wildman–Crippen LogP) is 3.56. The van der Waals surface area contributed by atoms with Gasteiger partial charge >= 0.3 is 5.97 Å². The second-order valence-electron chi connectivity index (χ2n) is 7.45. The maximum absolute atomic E-state index is 12.9. The number of hydrogen-bond acceptors (Lipinski definition) is 5. The maximum Gasteiger partial charge on any atom is 0.323 e. The number of ether oxygens (including phenoxy) is 1. The predicted molar refractivity (Wildman–Crippen MR) is 112 cm³/mol. The summed E-state index contributed by atoms with van der Waals surface area (Å²) >= 11 is 0. The Labute approximate surface area is 176 Å². The molecule has 1 aliphatic heterocycles. The molecule has 0 spiro atoms. The van der Waals surface area contributed by atoms with Crippen LogP contribution in [-0.2, 0) is 28.9 Å². The number of carbonyl (C=O) groups is 1. The monoisotopic (exact) mass is 400 g/mol. The van der Waals surface area contributed by atoms with Crippen LogP contribution in [0, 0.1) is 11.3 Å². The van der Waals surface area contributed by atoms with Crippen molar-refractivity contribution in [2.45, 2.75) is 38.4 Å². The highest BCUT2D eigenvalue weighted by Gasteiger charge is 2.37. The zero-order chi connectivity index (χ0) is 20.9. The van der Waals surface area contributed by atoms with Crippen LogP contribution < -0.4 is 0 Å². The van der Waals surface area contributed by atoms with Crippen molar-refractivity contribution in [1.29, 1.82) is 5.26 Å². The van der Waals surface area contributed by atoms with Gasteiger partial charge in [0.2, 0.25) is 0 Å². The zero-order valence-corrected chi connectivity index (χ0v) is 16.9. The van der Waals surface area contributed by atoms with Crippen molar-refractivity contribution in [1.82, 2.24) is 14.9 Å². The molecule has 0 radical (unpaired) electrons. The lowest BCUT2D eigenvalue weighted by Crippen LogP contribution is -2.48. The molecule has 2 atom stereocenters. The Morgan fingerprint density at radius 2 is 2.03 bits per heavy atom. The van der Waals surface area contributed by atoms with Crippen LogP contribution in [0.25, 0.3) is 0 Å². The van der Waals surface area contributed by atoms with Crippen molar-refractivity contribution in [3.8, 4) is 6.07 Å². The Morgan fingerprint density at radius 3 is 2.70 bits per heavy atom. The third-order valence-corrected chi connectivity index (χ3v) is 5.63. The largest absolute Gasteiger partial charge is 0.465 e. The molecule has 30 heavy (non-hydrogen) atoms. The van der Waals surface area contributed by atoms with Gasteiger partial charge < -0.3 is 9.72 Å². The van der Waals surface area contributed by atoms with Crippen molar-refractivity contribution < 1.29 is 9.53 Å². The van der Waals surface area contributed by atoms with Crippen LogP contribution in [-0.4, -0.2) is 33.5 Å². The van der Waals surface area contributed by atoms with E-state index in [-0.39, 0.29) is 18.1 Å². The summed E-state index contributed by atoms with van der Waals surface area (Å²) in [6, 6.07) is 17.6. The molecule has 6 heteroatoms. The molecular weight excluding hydrogens is 376 g/mol. The normalized spacial score (nSPS) is 17.0. The zero-order valence-electron chi connectivity index (χ0n) is 16.9. The van der Waals surface area contributed by atoms with Crippen LogP contribution in [0.5, 0.6) is 0 Å². The summed E-state index contributed by atoms with van der Waals surface area (Å²) in [6.45, 7) is 2.84. The highest BCUT2D eigenvalue weighted by molar-refractivity contribution is 5.77. The van der Waals surface area contributed by atoms with Gasteiger partial charge in [-0.25, -0.2) is 4.98 Å². The molecule has 2 heterocycles. The van der Waals surface area contributed by atoms with Gasteiger partial charge in [0.25, 0.3) is 0 Å². The first kappa shape index (κ1) is 19.9. The average molecular weight is 400 g/mol. The lowest BCUT2D eigenvalue weighted by Gasteiger charge is -2.40. The van der Waals surface area contributed by atoms with Crippen molar-refractivity contribution >= 4 is 5.97 Å². The minimum absolute atomic E-state index is 0.0804. The molecular formula is C24H24N4O2. The molecule has 0 bridgehead atoms. The number of aromatic amines is 1. The number of rotatable bonds is 6. The quantitative estimate of drug-likeness (QED) is 0.640. The number of esters is 1. The van der Waals surface area contributed by atoms with Crippen LogP contribution in [0.2, 0.25) is 0 Å². The fraction of sp³-hybridized carbons (Fsp3) is 0.292. The highest BCUT2D eigenvalue weighted by atomic mass is 16.5. The van der Waals surface area contributed by atoms with Crippen molar-refractivity contribution in [3.63, 3.8) is 0 Å². The third-order valence-electron chi connectivity index (χ3n) is 5.63. The van der Waals surface area contributed by atoms with Gasteiger partial charge in [-0.15, -0.1) is 0 Å². The van der Waals surface area contributed by atoms with Gasteiger partial charge in [-0.05, 0) is 48.6 Å². The van der Waals surface area contributed by atoms with E-state index in [1.54, 1.807) is 6.33 Å². The number of nitrogens with zero attached hydrogens (tertiary/aromatic N) is 3. The number of imidazole rings is 1. The minimum atomic E-state index is -0.369. The van der Waals surface area contributed by atoms with E-state index >= 15 is 0 Å². The van der Waals surface area contributed by atoms with Gasteiger partial charge in [0.05, 0.1) is 36.3 Å². The van der Waals surface area contributed by atoms with E-state index in [0.29, 0.717) is 31.6 Å². The molecule has 1 aliphatic rings. The first-order valence-corrected chi connectivity index (χ1v) is 10.2. The number of H-pyrrole nitrogens is 1. The molecule has 6 nitrogen and oxygen atoms in total. The number of hydrogen-bond donors (Lipinski definition) is 1. The molecule has 0 saturated carbocycles. The van der Waals surface area contributed by atoms with Gasteiger partial charge in [0.1, 0.15) is 6.04 Å². The molecule has 3 aromatic rings. The molecule has 152 valence electrons. The van der Waals surface area contributed by atoms with Crippen molar-refractivity contribution in [2.24, 2.45) is 0 Å². The molecule has 2 aromatic carbocycles. The molecule has 4 rings (SSSR count). The summed E-state index contributed by atoms with van der Waals surface area (Å²) in [6.07, 6.45) is 4.79. The van der Waals surface area contributed by atoms with Crippen LogP contribution in [0.1, 0.15) is 40.9 Å². The summed E-state index contributed by atoms with van der Waals surface area (Å²) in [4.78, 5) is 22.6. The van der Waals surface area contributed by atoms with E-state index < -0.39 is 0 Å². The second kappa shape index (κ2) is 8.93. The van der Waals surface area contributed by atoms with Crippen LogP contribution in [0.15, 0.2) is 61.1 Å². The first-order valence-electron chi connectivity index (χ1n) is 10.2. The number of aromatic nitrogens is 2. The first-order chi connectivity index (χ1) is 14.7. The van der Waals surface area contributed by atoms with Gasteiger partial charge in [-0.3, -0.25) is 9.69 Å². The molecule has 0 saturated heterocycles. The summed E-state index contributed by atoms with van der Waals surface area (Å²) < 4.78 is 5.43. The smallest absolute Gasteiger partial charge is 0.323 e. The molecule has 1 N–H and O–H groups in total. The maximum atomic E-state index is 12.9. The van der Waals surface area contributed by atoms with Gasteiger partial charge in [0.15, 0.2) is 0 Å². The molecule has 0 fully saturated rings. The second-order valence-corrected chi connectivity index (χ2v) is 7.45. The van der Waals surface area contributed by atoms with E-state index in [9.17, 15) is 4.79 Å². The average Bonchev–Trinajstić information content (AvgIpc) is 3.32. The van der Waals surface area contributed by atoms with Gasteiger partial charge in [-0.2, -0.15) is 5.26 Å². The van der Waals surface area contributed by atoms with E-state index in [2.05, 4.69) is 33.1 Å². The van der Waals surface area contributed by atoms with Crippen molar-refractivity contribution in [2.75, 3.05) is 6.61 Å². The minimum Gasteiger partial charge on any atom is -0.465 e. The SMILES string of the molecule is CCOC(=O)[C@@H]1Cc2ccccc2CN1C(Cc1ccc(C#N)cc1)c1cnc[nH]1. The Bertz CT molecular complexity index is 1040. The Hall–Kier alpha value is -3.43. The lowest BCUT2D eigenvalue weighted by atomic mass is 9.90. The number of nitrogens with one attached hydrogen (secondary N) is 1. The third kappa shape index (κ3) is 4.12. The van der Waals surface area contributed by atoms with Crippen LogP contribution >= 0.6 is 0 Å². The summed E-state index contributed by atoms with van der Waals surface area (Å²) in [5.74, 6) is -0.198. The number of benzene rings is 2. The summed E-state index contributed by atoms with van der Waals surface area (Å²) in [7, 11) is 0. The van der Waals surface area contributed by atoms with Crippen LogP contribution in [0.3, 0.4) is 0 Å². The topological polar surface area (TPSA) is 82.0 Å². The van der Waals surface area contributed by atoms with E-state index in [1.165, 1.54) is 11.1 Å². The van der Waals surface area contributed by atoms with Gasteiger partial charge in [0, 0.05) is 12.7 Å². The Morgan fingerprint density at radius 1 is 1.27 bits per heavy atom. The molecule has 1 unspecified atom stereocenters. The van der Waals surface area contributed by atoms with E-state index in [1.807, 2.05) is 49.5 Å². The fourth-order valence-corrected chi connectivity index (χ4v) is 4.12. The van der Waals surface area contributed by atoms with E-state index in [0.717, 1.165) is 11.3 Å². The molecule has 0 amide bonds. The summed E-state index contributed by atoms with van der Waals surface area (Å²) in [5.41, 5.74) is 5.09. The number of nitriles is 1. The summed E-state index contributed by atoms with van der Waals surface area (Å²) in [5, 5.41) is 9.08. The highest BCUT2D eigenvalue weighted by Crippen LogP contribution is 2.33. The lowest BCUT2D eigenvalue weighted by molar-refractivity contribution is -0.151. The van der Waals surface area contributed by atoms with Gasteiger partial charge in [-0.1, -0.05) is 36.4 Å².